The van der Waals surface area contributed by atoms with E-state index >= 15 is 0 Å². The molecular formula is C18H20FN3O3. The molecule has 7 heteroatoms. The van der Waals surface area contributed by atoms with Gasteiger partial charge in [-0.05, 0) is 26.0 Å². The van der Waals surface area contributed by atoms with E-state index < -0.39 is 16.8 Å². The summed E-state index contributed by atoms with van der Waals surface area (Å²) in [4.78, 5) is 13.8. The van der Waals surface area contributed by atoms with E-state index in [9.17, 15) is 14.3 Å². The first kappa shape index (κ1) is 17.3. The molecular weight excluding hydrogens is 325 g/mol. The summed E-state index contributed by atoms with van der Waals surface area (Å²) in [5, 5.41) is 17.9. The number of halogens is 1. The van der Waals surface area contributed by atoms with E-state index in [0.29, 0.717) is 19.0 Å². The zero-order valence-corrected chi connectivity index (χ0v) is 14.2. The molecule has 0 spiro atoms. The van der Waals surface area contributed by atoms with Crippen LogP contribution in [0.15, 0.2) is 41.3 Å². The van der Waals surface area contributed by atoms with Crippen LogP contribution in [0, 0.1) is 5.82 Å². The average Bonchev–Trinajstić information content (AvgIpc) is 3.02. The van der Waals surface area contributed by atoms with Gasteiger partial charge in [-0.2, -0.15) is 0 Å². The number of likely N-dealkylation sites (tertiary alicyclic amines) is 1. The average molecular weight is 345 g/mol. The van der Waals surface area contributed by atoms with Gasteiger partial charge in [-0.15, -0.1) is 16.8 Å². The molecule has 1 atom stereocenters. The summed E-state index contributed by atoms with van der Waals surface area (Å²) in [7, 11) is 0. The second-order valence-corrected chi connectivity index (χ2v) is 6.94. The first-order valence-corrected chi connectivity index (χ1v) is 7.97. The highest BCUT2D eigenvalue weighted by molar-refractivity contribution is 5.79. The fraction of sp³-hybridized carbons (Fsp3) is 0.389. The van der Waals surface area contributed by atoms with Crippen LogP contribution in [0.5, 0.6) is 0 Å². The number of amides is 1. The van der Waals surface area contributed by atoms with E-state index in [2.05, 4.69) is 16.8 Å². The van der Waals surface area contributed by atoms with Gasteiger partial charge in [-0.3, -0.25) is 4.79 Å². The molecule has 0 radical (unpaired) electrons. The lowest BCUT2D eigenvalue weighted by molar-refractivity contribution is -0.142. The molecule has 2 aromatic rings. The van der Waals surface area contributed by atoms with Crippen LogP contribution in [-0.4, -0.2) is 44.8 Å². The van der Waals surface area contributed by atoms with Gasteiger partial charge in [-0.25, -0.2) is 4.39 Å². The summed E-state index contributed by atoms with van der Waals surface area (Å²) in [6.07, 6.45) is 1.32. The summed E-state index contributed by atoms with van der Waals surface area (Å²) < 4.78 is 19.5. The second-order valence-electron chi connectivity index (χ2n) is 6.94. The fourth-order valence-corrected chi connectivity index (χ4v) is 2.81. The van der Waals surface area contributed by atoms with Crippen molar-refractivity contribution in [3.8, 4) is 11.5 Å². The predicted molar refractivity (Wildman–Crippen MR) is 89.1 cm³/mol. The molecule has 2 heterocycles. The number of carbonyl (C=O) groups is 1. The van der Waals surface area contributed by atoms with Gasteiger partial charge in [0.15, 0.2) is 0 Å². The largest absolute Gasteiger partial charge is 0.420 e. The molecule has 1 saturated heterocycles. The van der Waals surface area contributed by atoms with E-state index in [4.69, 9.17) is 4.42 Å². The molecule has 6 nitrogen and oxygen atoms in total. The fourth-order valence-electron chi connectivity index (χ4n) is 2.81. The van der Waals surface area contributed by atoms with Crippen LogP contribution in [-0.2, 0) is 10.2 Å². The molecule has 1 aromatic heterocycles. The number of hydrogen-bond donors (Lipinski definition) is 1. The van der Waals surface area contributed by atoms with Crippen LogP contribution in [0.4, 0.5) is 4.39 Å². The molecule has 3 rings (SSSR count). The number of nitrogens with zero attached hydrogens (tertiary/aromatic N) is 3. The number of hydrogen-bond acceptors (Lipinski definition) is 5. The Labute approximate surface area is 145 Å². The second kappa shape index (κ2) is 6.07. The van der Waals surface area contributed by atoms with Gasteiger partial charge in [0.25, 0.3) is 5.89 Å². The quantitative estimate of drug-likeness (QED) is 0.841. The number of carbonyl (C=O) groups excluding carboxylic acids is 1. The van der Waals surface area contributed by atoms with Gasteiger partial charge in [-0.1, -0.05) is 18.2 Å². The molecule has 1 aromatic carbocycles. The van der Waals surface area contributed by atoms with Crippen molar-refractivity contribution in [2.75, 3.05) is 13.1 Å². The van der Waals surface area contributed by atoms with Crippen molar-refractivity contribution in [1.29, 1.82) is 0 Å². The minimum Gasteiger partial charge on any atom is -0.420 e. The Kier molecular flexibility index (Phi) is 4.20. The Hall–Kier alpha value is -2.54. The number of benzene rings is 1. The minimum absolute atomic E-state index is 0.0309. The monoisotopic (exact) mass is 345 g/mol. The molecule has 1 aliphatic rings. The molecule has 0 aliphatic carbocycles. The first-order chi connectivity index (χ1) is 11.7. The van der Waals surface area contributed by atoms with Crippen molar-refractivity contribution in [3.63, 3.8) is 0 Å². The van der Waals surface area contributed by atoms with Crippen molar-refractivity contribution < 1.29 is 18.7 Å². The van der Waals surface area contributed by atoms with Crippen LogP contribution in [0.3, 0.4) is 0 Å². The Morgan fingerprint density at radius 3 is 2.80 bits per heavy atom. The molecule has 25 heavy (non-hydrogen) atoms. The molecule has 0 bridgehead atoms. The lowest BCUT2D eigenvalue weighted by atomic mass is 9.81. The molecule has 132 valence electrons. The Morgan fingerprint density at radius 2 is 2.16 bits per heavy atom. The zero-order valence-electron chi connectivity index (χ0n) is 14.2. The van der Waals surface area contributed by atoms with Crippen molar-refractivity contribution in [1.82, 2.24) is 15.1 Å². The van der Waals surface area contributed by atoms with Gasteiger partial charge in [0.05, 0.1) is 23.0 Å². The lowest BCUT2D eigenvalue weighted by Gasteiger charge is -2.46. The lowest BCUT2D eigenvalue weighted by Crippen LogP contribution is -2.60. The minimum atomic E-state index is -1.23. The maximum atomic E-state index is 13.8. The summed E-state index contributed by atoms with van der Waals surface area (Å²) in [5.74, 6) is -0.116. The Bertz CT molecular complexity index is 809. The third kappa shape index (κ3) is 3.32. The van der Waals surface area contributed by atoms with Crippen LogP contribution < -0.4 is 0 Å². The van der Waals surface area contributed by atoms with E-state index in [1.165, 1.54) is 19.1 Å². The highest BCUT2D eigenvalue weighted by Gasteiger charge is 2.47. The molecule has 1 unspecified atom stereocenters. The van der Waals surface area contributed by atoms with Gasteiger partial charge in [0.1, 0.15) is 5.82 Å². The smallest absolute Gasteiger partial charge is 0.250 e. The maximum Gasteiger partial charge on any atom is 0.250 e. The van der Waals surface area contributed by atoms with Crippen molar-refractivity contribution >= 4 is 5.91 Å². The molecule has 1 aliphatic heterocycles. The van der Waals surface area contributed by atoms with Crippen LogP contribution in [0.1, 0.15) is 26.2 Å². The first-order valence-electron chi connectivity index (χ1n) is 7.97. The third-order valence-electron chi connectivity index (χ3n) is 4.43. The summed E-state index contributed by atoms with van der Waals surface area (Å²) in [6, 6.07) is 6.18. The van der Waals surface area contributed by atoms with Crippen molar-refractivity contribution in [3.05, 3.63) is 48.6 Å². The highest BCUT2D eigenvalue weighted by Crippen LogP contribution is 2.35. The summed E-state index contributed by atoms with van der Waals surface area (Å²) in [6.45, 7) is 7.76. The number of aromatic nitrogens is 2. The SMILES string of the molecule is C=CC(C)(O)CC(=O)N1CC(C)(c2nnc(-c3ccccc3F)o2)C1. The molecule has 0 saturated carbocycles. The summed E-state index contributed by atoms with van der Waals surface area (Å²) in [5.41, 5.74) is -1.46. The molecule has 1 fully saturated rings. The molecule has 1 amide bonds. The number of rotatable bonds is 5. The zero-order chi connectivity index (χ0) is 18.2. The Morgan fingerprint density at radius 1 is 1.48 bits per heavy atom. The number of aliphatic hydroxyl groups is 1. The van der Waals surface area contributed by atoms with E-state index in [0.717, 1.165) is 0 Å². The van der Waals surface area contributed by atoms with E-state index in [-0.39, 0.29) is 23.8 Å². The standard InChI is InChI=1S/C18H20FN3O3/c1-4-18(3,24)9-14(23)22-10-17(2,11-22)16-21-20-15(25-16)12-7-5-6-8-13(12)19/h4-8,24H,1,9-11H2,2-3H3. The van der Waals surface area contributed by atoms with Gasteiger partial charge in [0.2, 0.25) is 11.8 Å². The van der Waals surface area contributed by atoms with Crippen LogP contribution in [0.25, 0.3) is 11.5 Å². The molecule has 1 N–H and O–H groups in total. The van der Waals surface area contributed by atoms with Crippen molar-refractivity contribution in [2.45, 2.75) is 31.3 Å². The van der Waals surface area contributed by atoms with Crippen LogP contribution >= 0.6 is 0 Å². The maximum absolute atomic E-state index is 13.8. The van der Waals surface area contributed by atoms with Gasteiger partial charge < -0.3 is 14.4 Å². The van der Waals surface area contributed by atoms with Gasteiger partial charge in [0, 0.05) is 13.1 Å². The third-order valence-corrected chi connectivity index (χ3v) is 4.43. The predicted octanol–water partition coefficient (Wildman–Crippen LogP) is 2.30. The van der Waals surface area contributed by atoms with E-state index in [1.54, 1.807) is 23.1 Å². The highest BCUT2D eigenvalue weighted by atomic mass is 19.1. The van der Waals surface area contributed by atoms with E-state index in [1.807, 2.05) is 6.92 Å². The normalized spacial score (nSPS) is 18.3. The topological polar surface area (TPSA) is 79.5 Å². The van der Waals surface area contributed by atoms with Crippen molar-refractivity contribution in [2.24, 2.45) is 0 Å². The van der Waals surface area contributed by atoms with Gasteiger partial charge >= 0.3 is 0 Å². The van der Waals surface area contributed by atoms with Crippen LogP contribution in [0.2, 0.25) is 0 Å². The Balaban J connectivity index is 1.70. The summed E-state index contributed by atoms with van der Waals surface area (Å²) >= 11 is 0.